The molecule has 17 heavy (non-hydrogen) atoms. The van der Waals surface area contributed by atoms with Gasteiger partial charge in [-0.1, -0.05) is 28.8 Å². The van der Waals surface area contributed by atoms with E-state index in [4.69, 9.17) is 0 Å². The molecule has 1 fully saturated rings. The Morgan fingerprint density at radius 2 is 1.94 bits per heavy atom. The minimum absolute atomic E-state index is 0.639. The molecule has 1 heterocycles. The SMILES string of the molecule is Cc1nc(C2CCCC2)c2ccc(Br)cc2n1. The van der Waals surface area contributed by atoms with Crippen molar-refractivity contribution in [3.05, 3.63) is 34.2 Å². The van der Waals surface area contributed by atoms with Crippen molar-refractivity contribution in [2.45, 2.75) is 38.5 Å². The van der Waals surface area contributed by atoms with Gasteiger partial charge in [-0.2, -0.15) is 0 Å². The predicted octanol–water partition coefficient (Wildman–Crippen LogP) is 4.36. The van der Waals surface area contributed by atoms with E-state index in [9.17, 15) is 0 Å². The van der Waals surface area contributed by atoms with Crippen LogP contribution in [0.2, 0.25) is 0 Å². The van der Waals surface area contributed by atoms with Gasteiger partial charge in [0.15, 0.2) is 0 Å². The van der Waals surface area contributed by atoms with Crippen LogP contribution >= 0.6 is 15.9 Å². The molecule has 0 aliphatic heterocycles. The maximum Gasteiger partial charge on any atom is 0.126 e. The van der Waals surface area contributed by atoms with E-state index in [1.165, 1.54) is 36.8 Å². The van der Waals surface area contributed by atoms with Crippen LogP contribution in [-0.2, 0) is 0 Å². The highest BCUT2D eigenvalue weighted by molar-refractivity contribution is 9.10. The highest BCUT2D eigenvalue weighted by Crippen LogP contribution is 2.36. The lowest BCUT2D eigenvalue weighted by molar-refractivity contribution is 0.698. The first-order chi connectivity index (χ1) is 8.24. The molecular weight excluding hydrogens is 276 g/mol. The molecule has 0 radical (unpaired) electrons. The molecule has 1 aliphatic carbocycles. The number of nitrogens with zero attached hydrogens (tertiary/aromatic N) is 2. The van der Waals surface area contributed by atoms with Gasteiger partial charge in [0.2, 0.25) is 0 Å². The third kappa shape index (κ3) is 2.08. The Morgan fingerprint density at radius 1 is 1.18 bits per heavy atom. The fraction of sp³-hybridized carbons (Fsp3) is 0.429. The zero-order valence-electron chi connectivity index (χ0n) is 9.91. The van der Waals surface area contributed by atoms with Gasteiger partial charge in [0.25, 0.3) is 0 Å². The molecule has 1 aromatic carbocycles. The molecule has 0 N–H and O–H groups in total. The molecule has 0 unspecified atom stereocenters. The van der Waals surface area contributed by atoms with E-state index in [0.717, 1.165) is 15.8 Å². The Balaban J connectivity index is 2.21. The highest BCUT2D eigenvalue weighted by Gasteiger charge is 2.21. The lowest BCUT2D eigenvalue weighted by Gasteiger charge is -2.12. The molecule has 88 valence electrons. The molecule has 1 aliphatic rings. The van der Waals surface area contributed by atoms with Crippen LogP contribution in [0.25, 0.3) is 10.9 Å². The summed E-state index contributed by atoms with van der Waals surface area (Å²) in [5.74, 6) is 1.53. The minimum Gasteiger partial charge on any atom is -0.237 e. The van der Waals surface area contributed by atoms with Crippen molar-refractivity contribution in [3.63, 3.8) is 0 Å². The van der Waals surface area contributed by atoms with Gasteiger partial charge in [-0.15, -0.1) is 0 Å². The van der Waals surface area contributed by atoms with Gasteiger partial charge in [-0.05, 0) is 38.0 Å². The van der Waals surface area contributed by atoms with E-state index in [1.54, 1.807) is 0 Å². The number of rotatable bonds is 1. The number of halogens is 1. The zero-order chi connectivity index (χ0) is 11.8. The Bertz CT molecular complexity index is 554. The Kier molecular flexibility index (Phi) is 2.87. The smallest absolute Gasteiger partial charge is 0.126 e. The van der Waals surface area contributed by atoms with Gasteiger partial charge >= 0.3 is 0 Å². The van der Waals surface area contributed by atoms with Gasteiger partial charge in [0.1, 0.15) is 5.82 Å². The molecule has 2 nitrogen and oxygen atoms in total. The molecule has 3 heteroatoms. The topological polar surface area (TPSA) is 25.8 Å². The monoisotopic (exact) mass is 290 g/mol. The molecule has 0 bridgehead atoms. The quantitative estimate of drug-likeness (QED) is 0.780. The second-order valence-corrected chi connectivity index (χ2v) is 5.71. The van der Waals surface area contributed by atoms with E-state index in [-0.39, 0.29) is 0 Å². The van der Waals surface area contributed by atoms with Crippen LogP contribution in [-0.4, -0.2) is 9.97 Å². The van der Waals surface area contributed by atoms with E-state index in [1.807, 2.05) is 6.92 Å². The zero-order valence-corrected chi connectivity index (χ0v) is 11.5. The van der Waals surface area contributed by atoms with Crippen LogP contribution in [0.5, 0.6) is 0 Å². The van der Waals surface area contributed by atoms with Crippen molar-refractivity contribution in [1.29, 1.82) is 0 Å². The molecule has 3 rings (SSSR count). The van der Waals surface area contributed by atoms with Crippen LogP contribution < -0.4 is 0 Å². The number of aromatic nitrogens is 2. The number of fused-ring (bicyclic) bond motifs is 1. The van der Waals surface area contributed by atoms with Crippen LogP contribution in [0.3, 0.4) is 0 Å². The minimum atomic E-state index is 0.639. The number of hydrogen-bond donors (Lipinski definition) is 0. The summed E-state index contributed by atoms with van der Waals surface area (Å²) >= 11 is 3.50. The molecule has 1 aromatic heterocycles. The predicted molar refractivity (Wildman–Crippen MR) is 73.2 cm³/mol. The average molecular weight is 291 g/mol. The first-order valence-electron chi connectivity index (χ1n) is 6.18. The molecule has 1 saturated carbocycles. The number of hydrogen-bond acceptors (Lipinski definition) is 2. The van der Waals surface area contributed by atoms with Gasteiger partial charge in [0, 0.05) is 15.8 Å². The summed E-state index contributed by atoms with van der Waals surface area (Å²) in [6, 6.07) is 6.31. The third-order valence-electron chi connectivity index (χ3n) is 3.54. The van der Waals surface area contributed by atoms with Crippen molar-refractivity contribution >= 4 is 26.8 Å². The van der Waals surface area contributed by atoms with Gasteiger partial charge in [-0.25, -0.2) is 9.97 Å². The first-order valence-corrected chi connectivity index (χ1v) is 6.97. The van der Waals surface area contributed by atoms with E-state index >= 15 is 0 Å². The van der Waals surface area contributed by atoms with Crippen LogP contribution in [0.4, 0.5) is 0 Å². The van der Waals surface area contributed by atoms with Crippen LogP contribution in [0.15, 0.2) is 22.7 Å². The normalized spacial score (nSPS) is 16.8. The van der Waals surface area contributed by atoms with Gasteiger partial charge < -0.3 is 0 Å². The maximum absolute atomic E-state index is 4.69. The molecule has 2 aromatic rings. The molecule has 0 spiro atoms. The van der Waals surface area contributed by atoms with Gasteiger partial charge in [0.05, 0.1) is 11.2 Å². The second-order valence-electron chi connectivity index (χ2n) is 4.80. The lowest BCUT2D eigenvalue weighted by atomic mass is 9.99. The number of benzene rings is 1. The van der Waals surface area contributed by atoms with Crippen LogP contribution in [0.1, 0.15) is 43.1 Å². The second kappa shape index (κ2) is 4.37. The Labute approximate surface area is 110 Å². The van der Waals surface area contributed by atoms with Gasteiger partial charge in [-0.3, -0.25) is 0 Å². The molecular formula is C14H15BrN2. The Hall–Kier alpha value is -0.960. The molecule has 0 atom stereocenters. The summed E-state index contributed by atoms with van der Waals surface area (Å²) in [5.41, 5.74) is 2.33. The van der Waals surface area contributed by atoms with E-state index < -0.39 is 0 Å². The van der Waals surface area contributed by atoms with Crippen molar-refractivity contribution < 1.29 is 0 Å². The summed E-state index contributed by atoms with van der Waals surface area (Å²) in [4.78, 5) is 9.21. The standard InChI is InChI=1S/C14H15BrN2/c1-9-16-13-8-11(15)6-7-12(13)14(17-9)10-4-2-3-5-10/h6-8,10H,2-5H2,1H3. The fourth-order valence-electron chi connectivity index (χ4n) is 2.76. The summed E-state index contributed by atoms with van der Waals surface area (Å²) in [7, 11) is 0. The van der Waals surface area contributed by atoms with Crippen molar-refractivity contribution in [2.75, 3.05) is 0 Å². The van der Waals surface area contributed by atoms with E-state index in [0.29, 0.717) is 5.92 Å². The van der Waals surface area contributed by atoms with Crippen molar-refractivity contribution in [2.24, 2.45) is 0 Å². The fourth-order valence-corrected chi connectivity index (χ4v) is 3.11. The highest BCUT2D eigenvalue weighted by atomic mass is 79.9. The summed E-state index contributed by atoms with van der Waals surface area (Å²) in [6.45, 7) is 1.98. The number of aryl methyl sites for hydroxylation is 1. The maximum atomic E-state index is 4.69. The largest absolute Gasteiger partial charge is 0.237 e. The Morgan fingerprint density at radius 3 is 2.71 bits per heavy atom. The summed E-state index contributed by atoms with van der Waals surface area (Å²) in [6.07, 6.45) is 5.24. The molecule has 0 amide bonds. The van der Waals surface area contributed by atoms with Crippen molar-refractivity contribution in [3.8, 4) is 0 Å². The lowest BCUT2D eigenvalue weighted by Crippen LogP contribution is -2.01. The van der Waals surface area contributed by atoms with E-state index in [2.05, 4.69) is 44.1 Å². The molecule has 0 saturated heterocycles. The average Bonchev–Trinajstić information content (AvgIpc) is 2.80. The summed E-state index contributed by atoms with van der Waals surface area (Å²) in [5, 5.41) is 1.23. The van der Waals surface area contributed by atoms with Crippen molar-refractivity contribution in [1.82, 2.24) is 9.97 Å². The third-order valence-corrected chi connectivity index (χ3v) is 4.04. The first kappa shape index (κ1) is 11.1. The summed E-state index contributed by atoms with van der Waals surface area (Å²) < 4.78 is 1.08. The van der Waals surface area contributed by atoms with Crippen LogP contribution in [0, 0.1) is 6.92 Å².